The highest BCUT2D eigenvalue weighted by molar-refractivity contribution is 5.88. The second kappa shape index (κ2) is 9.74. The van der Waals surface area contributed by atoms with Gasteiger partial charge in [0.25, 0.3) is 5.91 Å². The molecule has 30 heavy (non-hydrogen) atoms. The molecular weight excluding hydrogens is 383 g/mol. The van der Waals surface area contributed by atoms with E-state index in [-0.39, 0.29) is 19.1 Å². The van der Waals surface area contributed by atoms with E-state index in [2.05, 4.69) is 5.32 Å². The number of carbonyl (C=O) groups is 2. The van der Waals surface area contributed by atoms with Crippen LogP contribution >= 0.6 is 0 Å². The summed E-state index contributed by atoms with van der Waals surface area (Å²) >= 11 is 0. The van der Waals surface area contributed by atoms with Crippen molar-refractivity contribution in [3.63, 3.8) is 0 Å². The number of halogens is 1. The number of carbonyl (C=O) groups excluding carboxylic acids is 2. The van der Waals surface area contributed by atoms with Crippen molar-refractivity contribution < 1.29 is 18.7 Å². The zero-order valence-electron chi connectivity index (χ0n) is 18.6. The van der Waals surface area contributed by atoms with E-state index in [4.69, 9.17) is 4.74 Å². The normalized spacial score (nSPS) is 12.2. The average molecular weight is 415 g/mol. The van der Waals surface area contributed by atoms with Crippen LogP contribution in [0, 0.1) is 19.7 Å². The molecular formula is C24H31FN2O3. The molecule has 1 atom stereocenters. The van der Waals surface area contributed by atoms with Gasteiger partial charge in [0.05, 0.1) is 0 Å². The van der Waals surface area contributed by atoms with E-state index < -0.39 is 23.3 Å². The maximum atomic E-state index is 14.2. The zero-order chi connectivity index (χ0) is 22.5. The predicted molar refractivity (Wildman–Crippen MR) is 116 cm³/mol. The molecule has 0 saturated heterocycles. The van der Waals surface area contributed by atoms with Crippen LogP contribution in [0.2, 0.25) is 0 Å². The number of benzene rings is 2. The summed E-state index contributed by atoms with van der Waals surface area (Å²) < 4.78 is 19.9. The van der Waals surface area contributed by atoms with Crippen molar-refractivity contribution in [2.45, 2.75) is 59.7 Å². The fraction of sp³-hybridized carbons (Fsp3) is 0.417. The van der Waals surface area contributed by atoms with Gasteiger partial charge in [-0.1, -0.05) is 24.3 Å². The van der Waals surface area contributed by atoms with Crippen LogP contribution in [0.5, 0.6) is 5.75 Å². The first kappa shape index (κ1) is 23.4. The number of ether oxygens (including phenoxy) is 1. The Bertz CT molecular complexity index is 885. The lowest BCUT2D eigenvalue weighted by atomic mass is 10.1. The number of hydrogen-bond acceptors (Lipinski definition) is 3. The summed E-state index contributed by atoms with van der Waals surface area (Å²) in [4.78, 5) is 27.1. The van der Waals surface area contributed by atoms with Crippen LogP contribution in [0.1, 0.15) is 44.4 Å². The predicted octanol–water partition coefficient (Wildman–Crippen LogP) is 4.15. The largest absolute Gasteiger partial charge is 0.484 e. The highest BCUT2D eigenvalue weighted by Crippen LogP contribution is 2.18. The standard InChI is InChI=1S/C24H31FN2O3/c1-16-11-17(2)13-20(12-16)30-15-22(28)27(14-19-9-7-8-10-21(19)25)18(3)23(29)26-24(4,5)6/h7-13,18H,14-15H2,1-6H3,(H,26,29)/t18-/m0/s1. The average Bonchev–Trinajstić information content (AvgIpc) is 2.63. The van der Waals surface area contributed by atoms with Gasteiger partial charge in [0.15, 0.2) is 6.61 Å². The molecule has 0 heterocycles. The van der Waals surface area contributed by atoms with Crippen molar-refractivity contribution in [2.24, 2.45) is 0 Å². The van der Waals surface area contributed by atoms with Gasteiger partial charge in [0.1, 0.15) is 17.6 Å². The Balaban J connectivity index is 2.21. The fourth-order valence-electron chi connectivity index (χ4n) is 3.11. The van der Waals surface area contributed by atoms with E-state index in [0.717, 1.165) is 11.1 Å². The minimum Gasteiger partial charge on any atom is -0.484 e. The first-order chi connectivity index (χ1) is 14.0. The first-order valence-corrected chi connectivity index (χ1v) is 10.0. The molecule has 0 aliphatic heterocycles. The Morgan fingerprint density at radius 3 is 2.27 bits per heavy atom. The van der Waals surface area contributed by atoms with Gasteiger partial charge in [-0.15, -0.1) is 0 Å². The van der Waals surface area contributed by atoms with Gasteiger partial charge in [-0.3, -0.25) is 9.59 Å². The number of nitrogens with zero attached hydrogens (tertiary/aromatic N) is 1. The number of nitrogens with one attached hydrogen (secondary N) is 1. The number of rotatable bonds is 7. The second-order valence-electron chi connectivity index (χ2n) is 8.64. The number of aryl methyl sites for hydroxylation is 2. The quantitative estimate of drug-likeness (QED) is 0.740. The Morgan fingerprint density at radius 1 is 1.10 bits per heavy atom. The topological polar surface area (TPSA) is 58.6 Å². The Labute approximate surface area is 178 Å². The molecule has 0 aromatic heterocycles. The van der Waals surface area contributed by atoms with Crippen molar-refractivity contribution in [1.29, 1.82) is 0 Å². The van der Waals surface area contributed by atoms with E-state index in [1.54, 1.807) is 25.1 Å². The van der Waals surface area contributed by atoms with Crippen LogP contribution in [0.15, 0.2) is 42.5 Å². The molecule has 0 unspecified atom stereocenters. The molecule has 162 valence electrons. The molecule has 5 nitrogen and oxygen atoms in total. The van der Waals surface area contributed by atoms with E-state index in [1.165, 1.54) is 11.0 Å². The van der Waals surface area contributed by atoms with E-state index in [9.17, 15) is 14.0 Å². The second-order valence-corrected chi connectivity index (χ2v) is 8.64. The lowest BCUT2D eigenvalue weighted by Crippen LogP contribution is -2.53. The third-order valence-corrected chi connectivity index (χ3v) is 4.52. The summed E-state index contributed by atoms with van der Waals surface area (Å²) in [6, 6.07) is 11.1. The number of amides is 2. The molecule has 0 radical (unpaired) electrons. The van der Waals surface area contributed by atoms with Gasteiger partial charge in [-0.2, -0.15) is 0 Å². The molecule has 0 spiro atoms. The third-order valence-electron chi connectivity index (χ3n) is 4.52. The molecule has 0 saturated carbocycles. The SMILES string of the molecule is Cc1cc(C)cc(OCC(=O)N(Cc2ccccc2F)[C@@H](C)C(=O)NC(C)(C)C)c1. The summed E-state index contributed by atoms with van der Waals surface area (Å²) in [6.45, 7) is 10.9. The third kappa shape index (κ3) is 6.87. The minimum atomic E-state index is -0.792. The Morgan fingerprint density at radius 2 is 1.70 bits per heavy atom. The number of hydrogen-bond donors (Lipinski definition) is 1. The Kier molecular flexibility index (Phi) is 7.59. The van der Waals surface area contributed by atoms with Crippen LogP contribution in [0.4, 0.5) is 4.39 Å². The van der Waals surface area contributed by atoms with Crippen LogP contribution in [-0.2, 0) is 16.1 Å². The van der Waals surface area contributed by atoms with Crippen molar-refractivity contribution in [2.75, 3.05) is 6.61 Å². The lowest BCUT2D eigenvalue weighted by molar-refractivity contribution is -0.142. The lowest BCUT2D eigenvalue weighted by Gasteiger charge is -2.31. The van der Waals surface area contributed by atoms with Gasteiger partial charge in [-0.25, -0.2) is 4.39 Å². The van der Waals surface area contributed by atoms with Gasteiger partial charge >= 0.3 is 0 Å². The molecule has 2 rings (SSSR count). The van der Waals surface area contributed by atoms with Gasteiger partial charge in [0.2, 0.25) is 5.91 Å². The monoisotopic (exact) mass is 414 g/mol. The first-order valence-electron chi connectivity index (χ1n) is 10.0. The van der Waals surface area contributed by atoms with Crippen molar-refractivity contribution in [3.05, 3.63) is 65.0 Å². The highest BCUT2D eigenvalue weighted by Gasteiger charge is 2.29. The molecule has 0 fully saturated rings. The van der Waals surface area contributed by atoms with Gasteiger partial charge in [-0.05, 0) is 70.9 Å². The highest BCUT2D eigenvalue weighted by atomic mass is 19.1. The maximum absolute atomic E-state index is 14.2. The van der Waals surface area contributed by atoms with Crippen molar-refractivity contribution in [1.82, 2.24) is 10.2 Å². The molecule has 2 aromatic rings. The van der Waals surface area contributed by atoms with Crippen LogP contribution in [0.3, 0.4) is 0 Å². The summed E-state index contributed by atoms with van der Waals surface area (Å²) in [5.41, 5.74) is 1.94. The van der Waals surface area contributed by atoms with Crippen LogP contribution < -0.4 is 10.1 Å². The summed E-state index contributed by atoms with van der Waals surface area (Å²) in [6.07, 6.45) is 0. The van der Waals surface area contributed by atoms with Crippen molar-refractivity contribution >= 4 is 11.8 Å². The smallest absolute Gasteiger partial charge is 0.261 e. The molecule has 1 N–H and O–H groups in total. The van der Waals surface area contributed by atoms with E-state index in [0.29, 0.717) is 11.3 Å². The molecule has 2 aromatic carbocycles. The van der Waals surface area contributed by atoms with Crippen molar-refractivity contribution in [3.8, 4) is 5.75 Å². The molecule has 6 heteroatoms. The van der Waals surface area contributed by atoms with Crippen LogP contribution in [0.25, 0.3) is 0 Å². The minimum absolute atomic E-state index is 0.0273. The zero-order valence-corrected chi connectivity index (χ0v) is 18.6. The fourth-order valence-corrected chi connectivity index (χ4v) is 3.11. The van der Waals surface area contributed by atoms with Crippen LogP contribution in [-0.4, -0.2) is 34.9 Å². The maximum Gasteiger partial charge on any atom is 0.261 e. The van der Waals surface area contributed by atoms with Gasteiger partial charge in [0, 0.05) is 17.6 Å². The molecule has 2 amide bonds. The molecule has 0 bridgehead atoms. The molecule has 0 aliphatic rings. The Hall–Kier alpha value is -2.89. The van der Waals surface area contributed by atoms with E-state index in [1.807, 2.05) is 52.8 Å². The summed E-state index contributed by atoms with van der Waals surface area (Å²) in [5.74, 6) is -0.542. The van der Waals surface area contributed by atoms with E-state index >= 15 is 0 Å². The summed E-state index contributed by atoms with van der Waals surface area (Å²) in [7, 11) is 0. The molecule has 0 aliphatic carbocycles. The summed E-state index contributed by atoms with van der Waals surface area (Å²) in [5, 5.41) is 2.88. The van der Waals surface area contributed by atoms with Gasteiger partial charge < -0.3 is 15.0 Å².